The predicted octanol–water partition coefficient (Wildman–Crippen LogP) is 2.65. The second-order valence-electron chi connectivity index (χ2n) is 3.19. The summed E-state index contributed by atoms with van der Waals surface area (Å²) in [5, 5.41) is 0. The van der Waals surface area contributed by atoms with E-state index in [9.17, 15) is 0 Å². The number of aliphatic imine (C=N–C) groups is 1. The van der Waals surface area contributed by atoms with Crippen LogP contribution in [0.5, 0.6) is 0 Å². The fourth-order valence-corrected chi connectivity index (χ4v) is 1.40. The molecule has 2 rings (SSSR count). The van der Waals surface area contributed by atoms with E-state index in [-0.39, 0.29) is 0 Å². The van der Waals surface area contributed by atoms with Crippen LogP contribution in [-0.4, -0.2) is 15.8 Å². The highest BCUT2D eigenvalue weighted by atomic mass is 15.0. The van der Waals surface area contributed by atoms with Crippen LogP contribution in [0.1, 0.15) is 12.6 Å². The number of hydrogen-bond donors (Lipinski definition) is 0. The van der Waals surface area contributed by atoms with Crippen molar-refractivity contribution in [1.29, 1.82) is 0 Å². The average Bonchev–Trinajstić information content (AvgIpc) is 2.75. The Balaban J connectivity index is 2.19. The molecule has 3 heteroatoms. The van der Waals surface area contributed by atoms with Gasteiger partial charge in [-0.15, -0.1) is 0 Å². The average molecular weight is 199 g/mol. The first kappa shape index (κ1) is 9.65. The molecule has 2 aromatic rings. The van der Waals surface area contributed by atoms with E-state index in [1.807, 2.05) is 36.7 Å². The Morgan fingerprint density at radius 2 is 2.33 bits per heavy atom. The SMILES string of the molecule is CCn1cccc1C=Nc1cccnc1. The zero-order valence-electron chi connectivity index (χ0n) is 8.67. The molecule has 0 atom stereocenters. The minimum absolute atomic E-state index is 0.876. The first-order valence-corrected chi connectivity index (χ1v) is 4.99. The Morgan fingerprint density at radius 1 is 1.40 bits per heavy atom. The second kappa shape index (κ2) is 4.55. The summed E-state index contributed by atoms with van der Waals surface area (Å²) in [4.78, 5) is 8.36. The summed E-state index contributed by atoms with van der Waals surface area (Å²) in [5.41, 5.74) is 1.99. The van der Waals surface area contributed by atoms with Crippen molar-refractivity contribution in [3.63, 3.8) is 0 Å². The largest absolute Gasteiger partial charge is 0.347 e. The Bertz CT molecular complexity index is 443. The number of pyridine rings is 1. The lowest BCUT2D eigenvalue weighted by Crippen LogP contribution is -1.97. The molecule has 0 aromatic carbocycles. The number of nitrogens with zero attached hydrogens (tertiary/aromatic N) is 3. The van der Waals surface area contributed by atoms with Crippen LogP contribution in [0, 0.1) is 0 Å². The highest BCUT2D eigenvalue weighted by Gasteiger charge is 1.94. The summed E-state index contributed by atoms with van der Waals surface area (Å²) >= 11 is 0. The van der Waals surface area contributed by atoms with E-state index < -0.39 is 0 Å². The van der Waals surface area contributed by atoms with Gasteiger partial charge in [-0.25, -0.2) is 0 Å². The molecule has 0 fully saturated rings. The van der Waals surface area contributed by atoms with E-state index in [0.717, 1.165) is 17.9 Å². The maximum absolute atomic E-state index is 4.35. The first-order valence-electron chi connectivity index (χ1n) is 4.99. The Hall–Kier alpha value is -1.90. The van der Waals surface area contributed by atoms with Crippen molar-refractivity contribution < 1.29 is 0 Å². The van der Waals surface area contributed by atoms with Crippen molar-refractivity contribution in [2.45, 2.75) is 13.5 Å². The summed E-state index contributed by atoms with van der Waals surface area (Å²) in [6, 6.07) is 7.88. The van der Waals surface area contributed by atoms with Gasteiger partial charge in [0.05, 0.1) is 23.8 Å². The lowest BCUT2D eigenvalue weighted by Gasteiger charge is -1.99. The molecule has 0 N–H and O–H groups in total. The Kier molecular flexibility index (Phi) is 2.93. The predicted molar refractivity (Wildman–Crippen MR) is 61.6 cm³/mol. The molecule has 0 aliphatic rings. The minimum atomic E-state index is 0.876. The van der Waals surface area contributed by atoms with Gasteiger partial charge in [0.15, 0.2) is 0 Å². The zero-order chi connectivity index (χ0) is 10.5. The van der Waals surface area contributed by atoms with Crippen LogP contribution in [-0.2, 0) is 6.54 Å². The van der Waals surface area contributed by atoms with Crippen molar-refractivity contribution in [2.24, 2.45) is 4.99 Å². The van der Waals surface area contributed by atoms with E-state index in [1.54, 1.807) is 12.4 Å². The lowest BCUT2D eigenvalue weighted by atomic mass is 10.4. The maximum atomic E-state index is 4.35. The van der Waals surface area contributed by atoms with Crippen LogP contribution in [0.2, 0.25) is 0 Å². The van der Waals surface area contributed by atoms with Crippen LogP contribution in [0.15, 0.2) is 47.8 Å². The molecule has 0 amide bonds. The van der Waals surface area contributed by atoms with E-state index in [1.165, 1.54) is 0 Å². The van der Waals surface area contributed by atoms with Crippen molar-refractivity contribution in [3.05, 3.63) is 48.5 Å². The molecule has 0 saturated heterocycles. The third kappa shape index (κ3) is 2.31. The quantitative estimate of drug-likeness (QED) is 0.699. The first-order chi connectivity index (χ1) is 7.40. The normalized spacial score (nSPS) is 11.0. The standard InChI is InChI=1S/C12H13N3/c1-2-15-8-4-6-12(15)10-14-11-5-3-7-13-9-11/h3-10H,2H2,1H3. The summed E-state index contributed by atoms with van der Waals surface area (Å²) in [5.74, 6) is 0. The molecule has 0 spiro atoms. The van der Waals surface area contributed by atoms with Crippen LogP contribution in [0.25, 0.3) is 0 Å². The molecular formula is C12H13N3. The molecule has 0 saturated carbocycles. The third-order valence-corrected chi connectivity index (χ3v) is 2.20. The number of rotatable bonds is 3. The highest BCUT2D eigenvalue weighted by molar-refractivity contribution is 5.79. The summed E-state index contributed by atoms with van der Waals surface area (Å²) in [6.07, 6.45) is 7.40. The van der Waals surface area contributed by atoms with Gasteiger partial charge in [0.2, 0.25) is 0 Å². The lowest BCUT2D eigenvalue weighted by molar-refractivity contribution is 0.764. The number of aryl methyl sites for hydroxylation is 1. The minimum Gasteiger partial charge on any atom is -0.347 e. The van der Waals surface area contributed by atoms with Gasteiger partial charge in [-0.1, -0.05) is 0 Å². The molecule has 0 aliphatic carbocycles. The van der Waals surface area contributed by atoms with Crippen molar-refractivity contribution in [3.8, 4) is 0 Å². The third-order valence-electron chi connectivity index (χ3n) is 2.20. The smallest absolute Gasteiger partial charge is 0.0813 e. The fraction of sp³-hybridized carbons (Fsp3) is 0.167. The van der Waals surface area contributed by atoms with Crippen LogP contribution in [0.4, 0.5) is 5.69 Å². The second-order valence-corrected chi connectivity index (χ2v) is 3.19. The summed E-state index contributed by atoms with van der Waals surface area (Å²) < 4.78 is 2.14. The molecule has 15 heavy (non-hydrogen) atoms. The van der Waals surface area contributed by atoms with E-state index in [2.05, 4.69) is 21.5 Å². The number of hydrogen-bond acceptors (Lipinski definition) is 2. The van der Waals surface area contributed by atoms with Crippen LogP contribution in [0.3, 0.4) is 0 Å². The molecule has 2 aromatic heterocycles. The molecule has 0 unspecified atom stereocenters. The van der Waals surface area contributed by atoms with E-state index >= 15 is 0 Å². The zero-order valence-corrected chi connectivity index (χ0v) is 8.67. The molecular weight excluding hydrogens is 186 g/mol. The van der Waals surface area contributed by atoms with Crippen LogP contribution < -0.4 is 0 Å². The summed E-state index contributed by atoms with van der Waals surface area (Å²) in [6.45, 7) is 3.07. The maximum Gasteiger partial charge on any atom is 0.0813 e. The Labute approximate surface area is 89.1 Å². The van der Waals surface area contributed by atoms with Gasteiger partial charge >= 0.3 is 0 Å². The fourth-order valence-electron chi connectivity index (χ4n) is 1.40. The van der Waals surface area contributed by atoms with Gasteiger partial charge in [0.25, 0.3) is 0 Å². The van der Waals surface area contributed by atoms with Crippen molar-refractivity contribution >= 4 is 11.9 Å². The Morgan fingerprint density at radius 3 is 3.07 bits per heavy atom. The monoisotopic (exact) mass is 199 g/mol. The van der Waals surface area contributed by atoms with Crippen molar-refractivity contribution in [1.82, 2.24) is 9.55 Å². The van der Waals surface area contributed by atoms with Gasteiger partial charge in [0, 0.05) is 18.9 Å². The summed E-state index contributed by atoms with van der Waals surface area (Å²) in [7, 11) is 0. The van der Waals surface area contributed by atoms with E-state index in [4.69, 9.17) is 0 Å². The van der Waals surface area contributed by atoms with Gasteiger partial charge in [0.1, 0.15) is 0 Å². The van der Waals surface area contributed by atoms with Gasteiger partial charge in [-0.2, -0.15) is 0 Å². The topological polar surface area (TPSA) is 30.2 Å². The highest BCUT2D eigenvalue weighted by Crippen LogP contribution is 2.08. The van der Waals surface area contributed by atoms with E-state index in [0.29, 0.717) is 0 Å². The van der Waals surface area contributed by atoms with Crippen LogP contribution >= 0.6 is 0 Å². The van der Waals surface area contributed by atoms with Gasteiger partial charge in [-0.05, 0) is 31.2 Å². The molecule has 76 valence electrons. The molecule has 2 heterocycles. The van der Waals surface area contributed by atoms with Gasteiger partial charge < -0.3 is 4.57 Å². The molecule has 0 aliphatic heterocycles. The molecule has 3 nitrogen and oxygen atoms in total. The molecule has 0 radical (unpaired) electrons. The van der Waals surface area contributed by atoms with Gasteiger partial charge in [-0.3, -0.25) is 9.98 Å². The number of aromatic nitrogens is 2. The van der Waals surface area contributed by atoms with Crippen molar-refractivity contribution in [2.75, 3.05) is 0 Å². The molecule has 0 bridgehead atoms.